The first-order valence-electron chi connectivity index (χ1n) is 16.5. The fourth-order valence-electron chi connectivity index (χ4n) is 5.91. The van der Waals surface area contributed by atoms with Crippen molar-refractivity contribution in [1.82, 2.24) is 9.55 Å². The van der Waals surface area contributed by atoms with Crippen molar-refractivity contribution < 1.29 is 41.7 Å². The number of hydrogen-bond donors (Lipinski definition) is 1. The molecule has 1 N–H and O–H groups in total. The minimum absolute atomic E-state index is 0.00961. The lowest BCUT2D eigenvalue weighted by molar-refractivity contribution is -0.614. The van der Waals surface area contributed by atoms with E-state index in [1.807, 2.05) is 4.57 Å². The van der Waals surface area contributed by atoms with Gasteiger partial charge in [0.1, 0.15) is 24.2 Å². The van der Waals surface area contributed by atoms with Crippen LogP contribution in [0.5, 0.6) is 5.75 Å². The second kappa shape index (κ2) is 16.3. The molecule has 0 radical (unpaired) electrons. The highest BCUT2D eigenvalue weighted by atomic mass is 35.5. The highest BCUT2D eigenvalue weighted by Gasteiger charge is 2.30. The van der Waals surface area contributed by atoms with Gasteiger partial charge in [-0.2, -0.15) is 13.5 Å². The third-order valence-electron chi connectivity index (χ3n) is 8.57. The Labute approximate surface area is 300 Å². The first kappa shape index (κ1) is 37.8. The summed E-state index contributed by atoms with van der Waals surface area (Å²) in [4.78, 5) is 30.1. The molecule has 0 saturated heterocycles. The van der Waals surface area contributed by atoms with Gasteiger partial charge in [0.2, 0.25) is 11.6 Å². The number of imidazole rings is 1. The average Bonchev–Trinajstić information content (AvgIpc) is 3.48. The lowest BCUT2D eigenvalue weighted by atomic mass is 9.94. The van der Waals surface area contributed by atoms with Gasteiger partial charge in [0, 0.05) is 38.9 Å². The number of benzene rings is 2. The van der Waals surface area contributed by atoms with E-state index in [0.717, 1.165) is 24.4 Å². The number of methoxy groups -OCH3 is 1. The summed E-state index contributed by atoms with van der Waals surface area (Å²) in [7, 11) is -0.0880. The van der Waals surface area contributed by atoms with Crippen LogP contribution in [0.1, 0.15) is 48.7 Å². The minimum Gasteiger partial charge on any atom is -0.618 e. The summed E-state index contributed by atoms with van der Waals surface area (Å²) < 4.78 is 59.5. The average molecular weight is 745 g/mol. The number of anilines is 1. The number of pyridine rings is 1. The van der Waals surface area contributed by atoms with Gasteiger partial charge >= 0.3 is 12.6 Å². The lowest BCUT2D eigenvalue weighted by Gasteiger charge is -2.20. The molecule has 2 aromatic carbocycles. The van der Waals surface area contributed by atoms with Gasteiger partial charge in [0.15, 0.2) is 12.0 Å². The van der Waals surface area contributed by atoms with Gasteiger partial charge in [-0.1, -0.05) is 49.8 Å². The second-order valence-electron chi connectivity index (χ2n) is 13.6. The van der Waals surface area contributed by atoms with Crippen molar-refractivity contribution in [1.29, 1.82) is 0 Å². The molecule has 1 unspecified atom stereocenters. The number of carbonyl (C=O) groups is 2. The summed E-state index contributed by atoms with van der Waals surface area (Å²) in [6, 6.07) is 11.4. The maximum absolute atomic E-state index is 15.2. The molecular formula is C36H40ClF3N4O6Si. The van der Waals surface area contributed by atoms with Crippen molar-refractivity contribution in [2.45, 2.75) is 77.0 Å². The van der Waals surface area contributed by atoms with Crippen molar-refractivity contribution in [3.05, 3.63) is 88.0 Å². The van der Waals surface area contributed by atoms with E-state index in [4.69, 9.17) is 26.1 Å². The zero-order chi connectivity index (χ0) is 36.9. The Morgan fingerprint density at radius 1 is 1.18 bits per heavy atom. The van der Waals surface area contributed by atoms with Crippen LogP contribution in [0.2, 0.25) is 30.7 Å². The van der Waals surface area contributed by atoms with Crippen LogP contribution >= 0.6 is 11.6 Å². The minimum atomic E-state index is -3.23. The molecule has 0 spiro atoms. The number of esters is 1. The number of nitrogens with zero attached hydrogens (tertiary/aromatic N) is 3. The van der Waals surface area contributed by atoms with Crippen LogP contribution in [-0.2, 0) is 32.2 Å². The number of alkyl halides is 2. The van der Waals surface area contributed by atoms with Crippen molar-refractivity contribution in [3.63, 3.8) is 0 Å². The number of amides is 1. The highest BCUT2D eigenvalue weighted by Crippen LogP contribution is 2.39. The summed E-state index contributed by atoms with van der Waals surface area (Å²) in [6.07, 6.45) is 4.60. The Bertz CT molecular complexity index is 1900. The van der Waals surface area contributed by atoms with E-state index in [9.17, 15) is 23.6 Å². The molecule has 2 aromatic heterocycles. The van der Waals surface area contributed by atoms with E-state index < -0.39 is 38.1 Å². The molecule has 272 valence electrons. The van der Waals surface area contributed by atoms with Crippen LogP contribution in [0.25, 0.3) is 22.4 Å². The van der Waals surface area contributed by atoms with E-state index >= 15 is 4.39 Å². The molecule has 51 heavy (non-hydrogen) atoms. The van der Waals surface area contributed by atoms with Gasteiger partial charge in [-0.05, 0) is 48.7 Å². The van der Waals surface area contributed by atoms with E-state index in [-0.39, 0.29) is 47.3 Å². The monoisotopic (exact) mass is 744 g/mol. The molecule has 1 atom stereocenters. The number of hydrogen-bond acceptors (Lipinski definition) is 7. The third kappa shape index (κ3) is 9.48. The Hall–Kier alpha value is -4.40. The molecule has 1 aliphatic heterocycles. The topological polar surface area (TPSA) is 119 Å². The standard InChI is InChI=1S/C36H40ClF3N4O6Si/c1-48-32(46)18-22-9-11-24-27(17-22)41-31(45)8-6-5-7-25(35-42-28(24)20-43(35)21-49-15-16-51(2,3)4)29-13-10-23(19-44(29)47)33-30(50-36(39)40)14-12-26(37)34(33)38/h9-14,17,19-20,25,36H,5-8,15-16,18,21H2,1-4H3,(H,41,45). The SMILES string of the molecule is COC(=O)Cc1ccc2c(c1)NC(=O)CCCCC(c1ccc(-c3c(OC(F)F)ccc(Cl)c3F)c[n+]1[O-])c1nc-2cn1COCC[Si](C)(C)C. The maximum atomic E-state index is 15.2. The summed E-state index contributed by atoms with van der Waals surface area (Å²) in [6.45, 7) is 4.20. The van der Waals surface area contributed by atoms with Crippen LogP contribution < -0.4 is 14.8 Å². The van der Waals surface area contributed by atoms with Gasteiger partial charge in [-0.3, -0.25) is 9.59 Å². The van der Waals surface area contributed by atoms with E-state index in [1.165, 1.54) is 19.2 Å². The summed E-state index contributed by atoms with van der Waals surface area (Å²) in [5.41, 5.74) is 2.12. The first-order chi connectivity index (χ1) is 24.2. The Balaban J connectivity index is 1.61. The lowest BCUT2D eigenvalue weighted by Crippen LogP contribution is -2.34. The molecule has 0 aliphatic carbocycles. The normalized spacial score (nSPS) is 15.1. The van der Waals surface area contributed by atoms with Gasteiger partial charge in [0.25, 0.3) is 0 Å². The zero-order valence-corrected chi connectivity index (χ0v) is 30.6. The smallest absolute Gasteiger partial charge is 0.387 e. The molecule has 2 bridgehead atoms. The molecule has 1 aliphatic rings. The Kier molecular flexibility index (Phi) is 12.1. The predicted octanol–water partition coefficient (Wildman–Crippen LogP) is 7.92. The number of nitrogens with one attached hydrogen (secondary N) is 1. The molecular weight excluding hydrogens is 705 g/mol. The number of fused-ring (bicyclic) bond motifs is 4. The van der Waals surface area contributed by atoms with Gasteiger partial charge in [-0.15, -0.1) is 0 Å². The van der Waals surface area contributed by atoms with Crippen molar-refractivity contribution in [2.24, 2.45) is 0 Å². The van der Waals surface area contributed by atoms with Gasteiger partial charge in [0.05, 0.1) is 41.1 Å². The van der Waals surface area contributed by atoms with E-state index in [2.05, 4.69) is 29.7 Å². The Morgan fingerprint density at radius 2 is 1.96 bits per heavy atom. The summed E-state index contributed by atoms with van der Waals surface area (Å²) in [5.74, 6) is -2.18. The van der Waals surface area contributed by atoms with Crippen molar-refractivity contribution in [3.8, 4) is 28.1 Å². The van der Waals surface area contributed by atoms with Gasteiger partial charge < -0.3 is 29.3 Å². The maximum Gasteiger partial charge on any atom is 0.387 e. The molecule has 0 fully saturated rings. The predicted molar refractivity (Wildman–Crippen MR) is 189 cm³/mol. The van der Waals surface area contributed by atoms with Crippen LogP contribution in [0, 0.1) is 11.0 Å². The first-order valence-corrected chi connectivity index (χ1v) is 20.6. The largest absolute Gasteiger partial charge is 0.618 e. The number of aromatic nitrogens is 3. The Morgan fingerprint density at radius 3 is 2.67 bits per heavy atom. The quantitative estimate of drug-likeness (QED) is 0.0545. The van der Waals surface area contributed by atoms with Crippen LogP contribution in [0.15, 0.2) is 54.9 Å². The molecule has 15 heteroatoms. The fourth-order valence-corrected chi connectivity index (χ4v) is 6.83. The fraction of sp³-hybridized carbons (Fsp3) is 0.389. The van der Waals surface area contributed by atoms with Crippen molar-refractivity contribution in [2.75, 3.05) is 19.0 Å². The van der Waals surface area contributed by atoms with Crippen LogP contribution in [0.4, 0.5) is 18.9 Å². The number of carbonyl (C=O) groups excluding carboxylic acids is 2. The zero-order valence-electron chi connectivity index (χ0n) is 28.8. The molecule has 0 saturated carbocycles. The molecule has 3 heterocycles. The summed E-state index contributed by atoms with van der Waals surface area (Å²) >= 11 is 5.98. The van der Waals surface area contributed by atoms with E-state index in [1.54, 1.807) is 24.4 Å². The number of halogens is 4. The van der Waals surface area contributed by atoms with Crippen LogP contribution in [-0.4, -0.2) is 49.8 Å². The highest BCUT2D eigenvalue weighted by molar-refractivity contribution is 6.76. The van der Waals surface area contributed by atoms with Gasteiger partial charge in [-0.25, -0.2) is 9.37 Å². The number of ether oxygens (including phenoxy) is 3. The molecule has 10 nitrogen and oxygen atoms in total. The third-order valence-corrected chi connectivity index (χ3v) is 10.6. The molecule has 5 rings (SSSR count). The second-order valence-corrected chi connectivity index (χ2v) is 19.6. The molecule has 1 amide bonds. The van der Waals surface area contributed by atoms with Crippen molar-refractivity contribution >= 4 is 37.2 Å². The van der Waals surface area contributed by atoms with Crippen LogP contribution in [0.3, 0.4) is 0 Å². The van der Waals surface area contributed by atoms with E-state index in [0.29, 0.717) is 58.9 Å². The molecule has 4 aromatic rings. The summed E-state index contributed by atoms with van der Waals surface area (Å²) in [5, 5.41) is 16.5. The number of rotatable bonds is 11.